The molecule has 182 valence electrons. The first kappa shape index (κ1) is 28.7. The topological polar surface area (TPSA) is 145 Å². The molecule has 1 aromatic carbocycles. The zero-order valence-corrected chi connectivity index (χ0v) is 20.6. The first-order valence-corrected chi connectivity index (χ1v) is 10.9. The highest BCUT2D eigenvalue weighted by Gasteiger charge is 2.32. The van der Waals surface area contributed by atoms with Crippen molar-refractivity contribution >= 4 is 69.7 Å². The number of amides is 2. The van der Waals surface area contributed by atoms with Crippen molar-refractivity contribution in [2.75, 3.05) is 13.2 Å². The number of esters is 2. The minimum Gasteiger partial charge on any atom is -0.465 e. The fourth-order valence-electron chi connectivity index (χ4n) is 2.65. The fourth-order valence-corrected chi connectivity index (χ4v) is 3.36. The van der Waals surface area contributed by atoms with Gasteiger partial charge in [0.1, 0.15) is 9.98 Å². The lowest BCUT2D eigenvalue weighted by Crippen LogP contribution is -2.42. The van der Waals surface area contributed by atoms with Gasteiger partial charge in [-0.1, -0.05) is 24.4 Å². The predicted molar refractivity (Wildman–Crippen MR) is 128 cm³/mol. The molecule has 10 nitrogen and oxygen atoms in total. The molecule has 0 heterocycles. The van der Waals surface area contributed by atoms with E-state index >= 15 is 0 Å². The van der Waals surface area contributed by atoms with E-state index in [-0.39, 0.29) is 34.3 Å². The summed E-state index contributed by atoms with van der Waals surface area (Å²) in [6, 6.07) is 5.21. The Morgan fingerprint density at radius 3 is 1.24 bits per heavy atom. The number of rotatable bonds is 10. The maximum atomic E-state index is 12.5. The molecular weight excluding hydrogens is 484 g/mol. The fraction of sp³-hybridized carbons (Fsp3) is 0.364. The molecule has 1 aromatic rings. The van der Waals surface area contributed by atoms with Gasteiger partial charge in [-0.3, -0.25) is 28.8 Å². The quantitative estimate of drug-likeness (QED) is 0.270. The van der Waals surface area contributed by atoms with E-state index < -0.39 is 47.2 Å². The number of nitrogens with one attached hydrogen (secondary N) is 2. The molecule has 12 heteroatoms. The van der Waals surface area contributed by atoms with Crippen LogP contribution in [0.1, 0.15) is 48.4 Å². The minimum absolute atomic E-state index is 0.0408. The van der Waals surface area contributed by atoms with Crippen molar-refractivity contribution in [3.63, 3.8) is 0 Å². The van der Waals surface area contributed by atoms with E-state index in [1.54, 1.807) is 13.8 Å². The van der Waals surface area contributed by atoms with Gasteiger partial charge in [0.15, 0.2) is 23.4 Å². The zero-order chi connectivity index (χ0) is 26.0. The second-order valence-electron chi connectivity index (χ2n) is 6.81. The van der Waals surface area contributed by atoms with E-state index in [1.165, 1.54) is 24.3 Å². The molecule has 0 radical (unpaired) electrons. The summed E-state index contributed by atoms with van der Waals surface area (Å²) in [7, 11) is 0. The summed E-state index contributed by atoms with van der Waals surface area (Å²) in [5.74, 6) is -7.15. The summed E-state index contributed by atoms with van der Waals surface area (Å²) in [6.45, 7) is 5.52. The van der Waals surface area contributed by atoms with Gasteiger partial charge >= 0.3 is 11.9 Å². The van der Waals surface area contributed by atoms with Crippen LogP contribution in [0.5, 0.6) is 0 Å². The number of benzene rings is 1. The molecule has 0 bridgehead atoms. The molecule has 0 aromatic heterocycles. The third-order valence-electron chi connectivity index (χ3n) is 4.26. The van der Waals surface area contributed by atoms with E-state index in [4.69, 9.17) is 33.9 Å². The molecule has 1 rings (SSSR count). The standard InChI is InChI=1S/C22H24N2O8S2/c1-5-31-21(29)15(11(3)25)19(33)23-17(27)13-7-9-14(10-8-13)18(28)24-20(34)16(12(4)26)22(30)32-6-2/h7-10,15-16H,5-6H2,1-4H3,(H,23,27,33)(H,24,28,34). The van der Waals surface area contributed by atoms with E-state index in [0.29, 0.717) is 0 Å². The Labute approximate surface area is 206 Å². The molecule has 2 amide bonds. The van der Waals surface area contributed by atoms with Crippen molar-refractivity contribution in [3.05, 3.63) is 35.4 Å². The maximum absolute atomic E-state index is 12.5. The van der Waals surface area contributed by atoms with Gasteiger partial charge < -0.3 is 20.1 Å². The molecule has 0 aliphatic carbocycles. The van der Waals surface area contributed by atoms with Crippen LogP contribution in [0.3, 0.4) is 0 Å². The van der Waals surface area contributed by atoms with E-state index in [1.807, 2.05) is 0 Å². The Morgan fingerprint density at radius 2 is 1.00 bits per heavy atom. The molecule has 0 spiro atoms. The minimum atomic E-state index is -1.42. The lowest BCUT2D eigenvalue weighted by molar-refractivity contribution is -0.149. The van der Waals surface area contributed by atoms with E-state index in [2.05, 4.69) is 10.6 Å². The second kappa shape index (κ2) is 13.4. The first-order valence-electron chi connectivity index (χ1n) is 10.1. The molecule has 0 aliphatic heterocycles. The van der Waals surface area contributed by atoms with Crippen LogP contribution in [-0.2, 0) is 28.7 Å². The smallest absolute Gasteiger partial charge is 0.323 e. The lowest BCUT2D eigenvalue weighted by Gasteiger charge is -2.15. The Morgan fingerprint density at radius 1 is 0.706 bits per heavy atom. The first-order chi connectivity index (χ1) is 15.9. The van der Waals surface area contributed by atoms with Crippen molar-refractivity contribution in [1.82, 2.24) is 10.6 Å². The van der Waals surface area contributed by atoms with Crippen LogP contribution in [-0.4, -0.2) is 58.5 Å². The summed E-state index contributed by atoms with van der Waals surface area (Å²) in [5, 5.41) is 4.62. The van der Waals surface area contributed by atoms with E-state index in [0.717, 1.165) is 13.8 Å². The number of ether oxygens (including phenoxy) is 2. The monoisotopic (exact) mass is 508 g/mol. The normalized spacial score (nSPS) is 11.9. The van der Waals surface area contributed by atoms with Gasteiger partial charge in [0.05, 0.1) is 13.2 Å². The number of ketones is 2. The largest absolute Gasteiger partial charge is 0.465 e. The summed E-state index contributed by atoms with van der Waals surface area (Å²) in [4.78, 5) is 71.7. The molecule has 0 aliphatic rings. The van der Waals surface area contributed by atoms with Crippen LogP contribution in [0.15, 0.2) is 24.3 Å². The lowest BCUT2D eigenvalue weighted by atomic mass is 10.0. The van der Waals surface area contributed by atoms with Gasteiger partial charge in [-0.25, -0.2) is 0 Å². The van der Waals surface area contributed by atoms with Crippen LogP contribution >= 0.6 is 24.4 Å². The maximum Gasteiger partial charge on any atom is 0.323 e. The third-order valence-corrected chi connectivity index (χ3v) is 4.94. The third kappa shape index (κ3) is 7.89. The van der Waals surface area contributed by atoms with Crippen LogP contribution in [0.4, 0.5) is 0 Å². The summed E-state index contributed by atoms with van der Waals surface area (Å²) in [6.07, 6.45) is 0. The van der Waals surface area contributed by atoms with E-state index in [9.17, 15) is 28.8 Å². The number of thiocarbonyl (C=S) groups is 2. The summed E-state index contributed by atoms with van der Waals surface area (Å²) < 4.78 is 9.61. The number of carbonyl (C=O) groups excluding carboxylic acids is 6. The molecule has 2 N–H and O–H groups in total. The zero-order valence-electron chi connectivity index (χ0n) is 19.0. The number of hydrogen-bond donors (Lipinski definition) is 2. The number of hydrogen-bond acceptors (Lipinski definition) is 10. The van der Waals surface area contributed by atoms with Crippen molar-refractivity contribution in [2.45, 2.75) is 27.7 Å². The second-order valence-corrected chi connectivity index (χ2v) is 7.69. The average molecular weight is 509 g/mol. The Bertz CT molecular complexity index is 939. The van der Waals surface area contributed by atoms with Crippen LogP contribution < -0.4 is 10.6 Å². The Kier molecular flexibility index (Phi) is 11.3. The van der Waals surface area contributed by atoms with Crippen LogP contribution in [0.25, 0.3) is 0 Å². The molecule has 0 saturated heterocycles. The van der Waals surface area contributed by atoms with Gasteiger partial charge in [0, 0.05) is 11.1 Å². The number of carbonyl (C=O) groups is 6. The molecule has 2 atom stereocenters. The van der Waals surface area contributed by atoms with Crippen molar-refractivity contribution < 1.29 is 38.2 Å². The van der Waals surface area contributed by atoms with Gasteiger partial charge in [-0.05, 0) is 52.0 Å². The average Bonchev–Trinajstić information content (AvgIpc) is 2.73. The van der Waals surface area contributed by atoms with Gasteiger partial charge in [0.2, 0.25) is 0 Å². The molecular formula is C22H24N2O8S2. The predicted octanol–water partition coefficient (Wildman–Crippen LogP) is 1.34. The SMILES string of the molecule is CCOC(=O)C(C(C)=O)C(=S)NC(=O)c1ccc(C(=O)NC(=S)C(C(C)=O)C(=O)OCC)cc1. The Hall–Kier alpha value is -3.38. The van der Waals surface area contributed by atoms with Crippen molar-refractivity contribution in [2.24, 2.45) is 11.8 Å². The molecule has 0 saturated carbocycles. The molecule has 34 heavy (non-hydrogen) atoms. The van der Waals surface area contributed by atoms with Gasteiger partial charge in [0.25, 0.3) is 11.8 Å². The summed E-state index contributed by atoms with van der Waals surface area (Å²) in [5.41, 5.74) is 0.168. The molecule has 0 fully saturated rings. The van der Waals surface area contributed by atoms with Crippen molar-refractivity contribution in [1.29, 1.82) is 0 Å². The summed E-state index contributed by atoms with van der Waals surface area (Å²) >= 11 is 10.0. The van der Waals surface area contributed by atoms with Crippen LogP contribution in [0.2, 0.25) is 0 Å². The highest BCUT2D eigenvalue weighted by atomic mass is 32.1. The van der Waals surface area contributed by atoms with Crippen molar-refractivity contribution in [3.8, 4) is 0 Å². The van der Waals surface area contributed by atoms with Crippen LogP contribution in [0, 0.1) is 11.8 Å². The van der Waals surface area contributed by atoms with Gasteiger partial charge in [-0.2, -0.15) is 0 Å². The van der Waals surface area contributed by atoms with Gasteiger partial charge in [-0.15, -0.1) is 0 Å². The highest BCUT2D eigenvalue weighted by molar-refractivity contribution is 7.80. The number of Topliss-reactive ketones (excluding diaryl/α,β-unsaturated/α-hetero) is 2. The molecule has 2 unspecified atom stereocenters. The highest BCUT2D eigenvalue weighted by Crippen LogP contribution is 2.10. The Balaban J connectivity index is 2.89.